The summed E-state index contributed by atoms with van der Waals surface area (Å²) in [7, 11) is 0. The molecule has 7 nitrogen and oxygen atoms in total. The lowest BCUT2D eigenvalue weighted by Gasteiger charge is -2.36. The smallest absolute Gasteiger partial charge is 0.257 e. The number of anilines is 1. The molecular weight excluding hydrogens is 464 g/mol. The highest BCUT2D eigenvalue weighted by Crippen LogP contribution is 2.20. The Balaban J connectivity index is 1.36. The van der Waals surface area contributed by atoms with Crippen molar-refractivity contribution < 1.29 is 18.4 Å². The molecule has 36 heavy (non-hydrogen) atoms. The van der Waals surface area contributed by atoms with Gasteiger partial charge in [0.15, 0.2) is 5.82 Å². The van der Waals surface area contributed by atoms with Crippen LogP contribution in [0.2, 0.25) is 0 Å². The molecule has 2 aromatic carbocycles. The third-order valence-corrected chi connectivity index (χ3v) is 6.05. The first-order valence-electron chi connectivity index (χ1n) is 12.0. The maximum atomic E-state index is 14.2. The fourth-order valence-corrected chi connectivity index (χ4v) is 4.18. The first kappa shape index (κ1) is 25.2. The van der Waals surface area contributed by atoms with Crippen molar-refractivity contribution in [3.8, 4) is 11.3 Å². The van der Waals surface area contributed by atoms with E-state index < -0.39 is 11.7 Å². The maximum Gasteiger partial charge on any atom is 0.257 e. The van der Waals surface area contributed by atoms with Crippen LogP contribution in [-0.4, -0.2) is 71.1 Å². The maximum absolute atomic E-state index is 14.2. The number of halogens is 2. The van der Waals surface area contributed by atoms with Crippen molar-refractivity contribution in [3.63, 3.8) is 0 Å². The number of carbonyl (C=O) groups is 2. The molecule has 2 amide bonds. The van der Waals surface area contributed by atoms with E-state index in [-0.39, 0.29) is 29.8 Å². The normalized spacial score (nSPS) is 13.7. The van der Waals surface area contributed by atoms with E-state index in [4.69, 9.17) is 0 Å². The summed E-state index contributed by atoms with van der Waals surface area (Å²) in [5.74, 6) is -0.725. The molecule has 0 bridgehead atoms. The highest BCUT2D eigenvalue weighted by atomic mass is 19.1. The van der Waals surface area contributed by atoms with E-state index in [1.54, 1.807) is 23.1 Å². The molecule has 1 fully saturated rings. The van der Waals surface area contributed by atoms with Crippen molar-refractivity contribution in [2.45, 2.75) is 13.8 Å². The first-order chi connectivity index (χ1) is 17.3. The lowest BCUT2D eigenvalue weighted by Crippen LogP contribution is -2.52. The van der Waals surface area contributed by atoms with Gasteiger partial charge in [-0.05, 0) is 54.4 Å². The van der Waals surface area contributed by atoms with Gasteiger partial charge in [0, 0.05) is 38.3 Å². The standard InChI is InChI=1S/C27H29F2N5O2/c1-19(2)17-34(27(36)22-5-3-4-6-23(22)29)18-26(35)33-15-13-32(14-16-33)25-12-11-24(30-31-25)20-7-9-21(28)10-8-20/h3-12,19H,13-18H2,1-2H3. The monoisotopic (exact) mass is 493 g/mol. The highest BCUT2D eigenvalue weighted by Gasteiger charge is 2.27. The second kappa shape index (κ2) is 11.2. The summed E-state index contributed by atoms with van der Waals surface area (Å²) in [4.78, 5) is 31.2. The average molecular weight is 494 g/mol. The van der Waals surface area contributed by atoms with Gasteiger partial charge < -0.3 is 14.7 Å². The number of piperazine rings is 1. The van der Waals surface area contributed by atoms with Crippen LogP contribution in [0, 0.1) is 17.6 Å². The molecule has 2 heterocycles. The number of amides is 2. The summed E-state index contributed by atoms with van der Waals surface area (Å²) in [6.45, 7) is 6.25. The molecule has 0 unspecified atom stereocenters. The first-order valence-corrected chi connectivity index (χ1v) is 12.0. The van der Waals surface area contributed by atoms with Crippen LogP contribution in [0.1, 0.15) is 24.2 Å². The van der Waals surface area contributed by atoms with Crippen LogP contribution in [0.15, 0.2) is 60.7 Å². The quantitative estimate of drug-likeness (QED) is 0.500. The van der Waals surface area contributed by atoms with E-state index in [9.17, 15) is 18.4 Å². The Bertz CT molecular complexity index is 1190. The Kier molecular flexibility index (Phi) is 7.87. The molecule has 4 rings (SSSR count). The fourth-order valence-electron chi connectivity index (χ4n) is 4.18. The Hall–Kier alpha value is -3.88. The third-order valence-electron chi connectivity index (χ3n) is 6.05. The zero-order valence-corrected chi connectivity index (χ0v) is 20.4. The molecule has 0 radical (unpaired) electrons. The molecule has 3 aromatic rings. The number of carbonyl (C=O) groups excluding carboxylic acids is 2. The molecule has 1 saturated heterocycles. The summed E-state index contributed by atoms with van der Waals surface area (Å²) in [6.07, 6.45) is 0. The zero-order valence-electron chi connectivity index (χ0n) is 20.4. The van der Waals surface area contributed by atoms with Gasteiger partial charge in [-0.2, -0.15) is 0 Å². The van der Waals surface area contributed by atoms with Gasteiger partial charge in [-0.1, -0.05) is 26.0 Å². The van der Waals surface area contributed by atoms with Crippen molar-refractivity contribution in [1.29, 1.82) is 0 Å². The number of rotatable bonds is 7. The minimum absolute atomic E-state index is 0.0292. The van der Waals surface area contributed by atoms with E-state index in [1.807, 2.05) is 30.9 Å². The van der Waals surface area contributed by atoms with E-state index in [2.05, 4.69) is 10.2 Å². The number of hydrogen-bond donors (Lipinski definition) is 0. The van der Waals surface area contributed by atoms with E-state index >= 15 is 0 Å². The predicted octanol–water partition coefficient (Wildman–Crippen LogP) is 3.87. The molecule has 1 aromatic heterocycles. The molecule has 9 heteroatoms. The number of hydrogen-bond acceptors (Lipinski definition) is 5. The number of nitrogens with zero attached hydrogens (tertiary/aromatic N) is 5. The van der Waals surface area contributed by atoms with Gasteiger partial charge in [-0.3, -0.25) is 9.59 Å². The summed E-state index contributed by atoms with van der Waals surface area (Å²) in [5.41, 5.74) is 1.40. The molecule has 0 aliphatic carbocycles. The van der Waals surface area contributed by atoms with Crippen LogP contribution >= 0.6 is 0 Å². The zero-order chi connectivity index (χ0) is 25.7. The van der Waals surface area contributed by atoms with Crippen LogP contribution in [0.5, 0.6) is 0 Å². The van der Waals surface area contributed by atoms with Gasteiger partial charge in [0.1, 0.15) is 18.2 Å². The van der Waals surface area contributed by atoms with E-state index in [0.29, 0.717) is 44.2 Å². The van der Waals surface area contributed by atoms with Gasteiger partial charge in [0.25, 0.3) is 5.91 Å². The Labute approximate surface area is 209 Å². The van der Waals surface area contributed by atoms with Crippen LogP contribution in [-0.2, 0) is 4.79 Å². The van der Waals surface area contributed by atoms with E-state index in [0.717, 1.165) is 5.56 Å². The topological polar surface area (TPSA) is 69.6 Å². The summed E-state index contributed by atoms with van der Waals surface area (Å²) < 4.78 is 27.3. The van der Waals surface area contributed by atoms with Crippen molar-refractivity contribution in [3.05, 3.63) is 77.9 Å². The molecule has 1 aliphatic heterocycles. The molecular formula is C27H29F2N5O2. The van der Waals surface area contributed by atoms with Crippen LogP contribution < -0.4 is 4.90 Å². The van der Waals surface area contributed by atoms with E-state index in [1.165, 1.54) is 35.2 Å². The summed E-state index contributed by atoms with van der Waals surface area (Å²) >= 11 is 0. The van der Waals surface area contributed by atoms with Crippen molar-refractivity contribution >= 4 is 17.6 Å². The molecule has 0 N–H and O–H groups in total. The van der Waals surface area contributed by atoms with Crippen molar-refractivity contribution in [1.82, 2.24) is 20.0 Å². The van der Waals surface area contributed by atoms with Gasteiger partial charge in [0.05, 0.1) is 11.3 Å². The Morgan fingerprint density at radius 1 is 0.917 bits per heavy atom. The second-order valence-corrected chi connectivity index (χ2v) is 9.21. The molecule has 188 valence electrons. The molecule has 0 atom stereocenters. The van der Waals surface area contributed by atoms with Crippen molar-refractivity contribution in [2.75, 3.05) is 44.2 Å². The van der Waals surface area contributed by atoms with Crippen LogP contribution in [0.3, 0.4) is 0 Å². The minimum atomic E-state index is -0.594. The Morgan fingerprint density at radius 2 is 1.61 bits per heavy atom. The van der Waals surface area contributed by atoms with Crippen molar-refractivity contribution in [2.24, 2.45) is 5.92 Å². The summed E-state index contributed by atoms with van der Waals surface area (Å²) in [6, 6.07) is 15.6. The Morgan fingerprint density at radius 3 is 2.22 bits per heavy atom. The van der Waals surface area contributed by atoms with Gasteiger partial charge in [0.2, 0.25) is 5.91 Å². The fraction of sp³-hybridized carbons (Fsp3) is 0.333. The highest BCUT2D eigenvalue weighted by molar-refractivity contribution is 5.96. The molecule has 0 saturated carbocycles. The molecule has 0 spiro atoms. The van der Waals surface area contributed by atoms with Crippen LogP contribution in [0.4, 0.5) is 14.6 Å². The molecule has 1 aliphatic rings. The minimum Gasteiger partial charge on any atom is -0.352 e. The average Bonchev–Trinajstić information content (AvgIpc) is 2.88. The summed E-state index contributed by atoms with van der Waals surface area (Å²) in [5, 5.41) is 8.57. The van der Waals surface area contributed by atoms with Gasteiger partial charge >= 0.3 is 0 Å². The largest absolute Gasteiger partial charge is 0.352 e. The number of aromatic nitrogens is 2. The lowest BCUT2D eigenvalue weighted by molar-refractivity contribution is -0.132. The van der Waals surface area contributed by atoms with Gasteiger partial charge in [-0.25, -0.2) is 8.78 Å². The van der Waals surface area contributed by atoms with Crippen LogP contribution in [0.25, 0.3) is 11.3 Å². The third kappa shape index (κ3) is 6.02. The lowest BCUT2D eigenvalue weighted by atomic mass is 10.1. The SMILES string of the molecule is CC(C)CN(CC(=O)N1CCN(c2ccc(-c3ccc(F)cc3)nn2)CC1)C(=O)c1ccccc1F. The second-order valence-electron chi connectivity index (χ2n) is 9.21. The number of benzene rings is 2. The van der Waals surface area contributed by atoms with Gasteiger partial charge in [-0.15, -0.1) is 10.2 Å². The predicted molar refractivity (Wildman–Crippen MR) is 133 cm³/mol.